The first-order chi connectivity index (χ1) is 26.2. The largest absolute Gasteiger partial charge is 0.228 e. The summed E-state index contributed by atoms with van der Waals surface area (Å²) in [5.41, 5.74) is 11.9. The maximum Gasteiger partial charge on any atom is 0.160 e. The molecule has 248 valence electrons. The Morgan fingerprint density at radius 1 is 0.321 bits per heavy atom. The summed E-state index contributed by atoms with van der Waals surface area (Å²) >= 11 is 1.86. The fraction of sp³-hybridized carbons (Fsp3) is 0. The average Bonchev–Trinajstić information content (AvgIpc) is 3.63. The van der Waals surface area contributed by atoms with E-state index >= 15 is 0 Å². The van der Waals surface area contributed by atoms with Gasteiger partial charge >= 0.3 is 0 Å². The van der Waals surface area contributed by atoms with Gasteiger partial charge in [-0.05, 0) is 80.6 Å². The van der Waals surface area contributed by atoms with E-state index in [0.717, 1.165) is 39.2 Å². The highest BCUT2D eigenvalue weighted by Crippen LogP contribution is 2.43. The van der Waals surface area contributed by atoms with Crippen molar-refractivity contribution in [3.05, 3.63) is 194 Å². The van der Waals surface area contributed by atoms with Gasteiger partial charge in [0.15, 0.2) is 5.82 Å². The van der Waals surface area contributed by atoms with E-state index in [1.54, 1.807) is 0 Å². The summed E-state index contributed by atoms with van der Waals surface area (Å²) in [5, 5.41) is 4.97. The first kappa shape index (κ1) is 31.1. The van der Waals surface area contributed by atoms with Gasteiger partial charge in [-0.2, -0.15) is 0 Å². The van der Waals surface area contributed by atoms with Crippen molar-refractivity contribution in [3.8, 4) is 67.3 Å². The zero-order valence-corrected chi connectivity index (χ0v) is 29.6. The second-order valence-corrected chi connectivity index (χ2v) is 14.4. The molecule has 0 amide bonds. The maximum absolute atomic E-state index is 5.30. The van der Waals surface area contributed by atoms with Gasteiger partial charge in [-0.25, -0.2) is 9.97 Å². The summed E-state index contributed by atoms with van der Waals surface area (Å²) in [4.78, 5) is 10.5. The van der Waals surface area contributed by atoms with Crippen LogP contribution in [0.25, 0.3) is 98.2 Å². The normalized spacial score (nSPS) is 11.4. The molecule has 0 fully saturated rings. The van der Waals surface area contributed by atoms with Crippen molar-refractivity contribution >= 4 is 42.3 Å². The third kappa shape index (κ3) is 5.78. The van der Waals surface area contributed by atoms with Crippen molar-refractivity contribution in [3.63, 3.8) is 0 Å². The van der Waals surface area contributed by atoms with E-state index in [-0.39, 0.29) is 0 Å². The summed E-state index contributed by atoms with van der Waals surface area (Å²) in [6.07, 6.45) is 0. The number of nitrogens with zero attached hydrogens (tertiary/aromatic N) is 2. The number of hydrogen-bond acceptors (Lipinski definition) is 3. The molecule has 3 heteroatoms. The maximum atomic E-state index is 5.30. The first-order valence-corrected chi connectivity index (χ1v) is 18.7. The lowest BCUT2D eigenvalue weighted by Gasteiger charge is -2.16. The number of thiophene rings is 1. The Morgan fingerprint density at radius 2 is 0.887 bits per heavy atom. The minimum Gasteiger partial charge on any atom is -0.228 e. The molecule has 53 heavy (non-hydrogen) atoms. The topological polar surface area (TPSA) is 25.8 Å². The molecule has 0 N–H and O–H groups in total. The number of fused-ring (bicyclic) bond motifs is 4. The van der Waals surface area contributed by atoms with E-state index in [4.69, 9.17) is 9.97 Å². The molecule has 0 aliphatic heterocycles. The first-order valence-electron chi connectivity index (χ1n) is 17.9. The third-order valence-electron chi connectivity index (χ3n) is 10.1. The van der Waals surface area contributed by atoms with Crippen molar-refractivity contribution in [2.24, 2.45) is 0 Å². The van der Waals surface area contributed by atoms with Crippen LogP contribution in [0.4, 0.5) is 0 Å². The fourth-order valence-corrected chi connectivity index (χ4v) is 8.71. The molecule has 0 saturated carbocycles. The zero-order valence-electron chi connectivity index (χ0n) is 28.8. The quantitative estimate of drug-likeness (QED) is 0.173. The molecule has 2 aromatic heterocycles. The van der Waals surface area contributed by atoms with E-state index in [1.807, 2.05) is 29.5 Å². The van der Waals surface area contributed by atoms with Crippen LogP contribution in [0.15, 0.2) is 194 Å². The number of rotatable bonds is 6. The number of hydrogen-bond donors (Lipinski definition) is 0. The van der Waals surface area contributed by atoms with E-state index in [9.17, 15) is 0 Å². The molecule has 0 saturated heterocycles. The van der Waals surface area contributed by atoms with E-state index in [0.29, 0.717) is 5.82 Å². The Bertz CT molecular complexity index is 2950. The minimum atomic E-state index is 0.703. The Morgan fingerprint density at radius 3 is 1.68 bits per heavy atom. The third-order valence-corrected chi connectivity index (χ3v) is 11.3. The molecule has 2 nitrogen and oxygen atoms in total. The van der Waals surface area contributed by atoms with Gasteiger partial charge in [-0.3, -0.25) is 0 Å². The number of aromatic nitrogens is 2. The van der Waals surface area contributed by atoms with Gasteiger partial charge in [0.2, 0.25) is 0 Å². The molecular formula is C50H32N2S. The second kappa shape index (κ2) is 13.1. The summed E-state index contributed by atoms with van der Waals surface area (Å²) in [7, 11) is 0. The van der Waals surface area contributed by atoms with Gasteiger partial charge in [0.25, 0.3) is 0 Å². The molecule has 0 bridgehead atoms. The molecular weight excluding hydrogens is 661 g/mol. The molecule has 10 aromatic rings. The van der Waals surface area contributed by atoms with Crippen LogP contribution in [-0.4, -0.2) is 9.97 Å². The Kier molecular flexibility index (Phi) is 7.71. The standard InChI is InChI=1S/C50H32N2S/c1-3-15-34(16-4-1)41-20-9-10-21-42(41)38-29-39(43-23-13-24-45-44-22-11-12-25-48(44)53-49(43)45)31-40(30-38)47-32-46(51-50(52-47)35-17-5-2-6-18-35)37-27-26-33-14-7-8-19-36(33)28-37/h1-32H. The number of benzene rings is 8. The van der Waals surface area contributed by atoms with Crippen LogP contribution in [0, 0.1) is 0 Å². The highest BCUT2D eigenvalue weighted by atomic mass is 32.1. The fourth-order valence-electron chi connectivity index (χ4n) is 7.47. The molecule has 2 heterocycles. The predicted octanol–water partition coefficient (Wildman–Crippen LogP) is 14.0. The van der Waals surface area contributed by atoms with E-state index in [2.05, 4.69) is 176 Å². The molecule has 0 aliphatic carbocycles. The van der Waals surface area contributed by atoms with Crippen molar-refractivity contribution in [2.75, 3.05) is 0 Å². The zero-order chi connectivity index (χ0) is 35.1. The Labute approximate surface area is 312 Å². The summed E-state index contributed by atoms with van der Waals surface area (Å²) in [6, 6.07) is 69.3. The van der Waals surface area contributed by atoms with E-state index < -0.39 is 0 Å². The Hall–Kier alpha value is -6.68. The predicted molar refractivity (Wildman–Crippen MR) is 225 cm³/mol. The smallest absolute Gasteiger partial charge is 0.160 e. The van der Waals surface area contributed by atoms with Crippen LogP contribution < -0.4 is 0 Å². The lowest BCUT2D eigenvalue weighted by atomic mass is 9.90. The molecule has 0 unspecified atom stereocenters. The molecule has 0 aliphatic rings. The van der Waals surface area contributed by atoms with Gasteiger partial charge in [-0.15, -0.1) is 11.3 Å². The molecule has 0 spiro atoms. The lowest BCUT2D eigenvalue weighted by molar-refractivity contribution is 1.18. The van der Waals surface area contributed by atoms with Crippen LogP contribution >= 0.6 is 11.3 Å². The van der Waals surface area contributed by atoms with Crippen molar-refractivity contribution in [1.82, 2.24) is 9.97 Å². The van der Waals surface area contributed by atoms with Gasteiger partial charge in [0.1, 0.15) is 0 Å². The van der Waals surface area contributed by atoms with Crippen molar-refractivity contribution in [1.29, 1.82) is 0 Å². The van der Waals surface area contributed by atoms with E-state index in [1.165, 1.54) is 53.2 Å². The molecule has 0 atom stereocenters. The van der Waals surface area contributed by atoms with Crippen LogP contribution in [0.1, 0.15) is 0 Å². The van der Waals surface area contributed by atoms with Gasteiger partial charge in [-0.1, -0.05) is 158 Å². The van der Waals surface area contributed by atoms with Crippen LogP contribution in [0.3, 0.4) is 0 Å². The Balaban J connectivity index is 1.24. The highest BCUT2D eigenvalue weighted by molar-refractivity contribution is 7.26. The monoisotopic (exact) mass is 692 g/mol. The minimum absolute atomic E-state index is 0.703. The van der Waals surface area contributed by atoms with Crippen molar-refractivity contribution < 1.29 is 0 Å². The van der Waals surface area contributed by atoms with Gasteiger partial charge < -0.3 is 0 Å². The summed E-state index contributed by atoms with van der Waals surface area (Å²) in [6.45, 7) is 0. The average molecular weight is 693 g/mol. The molecule has 10 rings (SSSR count). The van der Waals surface area contributed by atoms with Crippen molar-refractivity contribution in [2.45, 2.75) is 0 Å². The van der Waals surface area contributed by atoms with Crippen LogP contribution in [0.5, 0.6) is 0 Å². The van der Waals surface area contributed by atoms with Gasteiger partial charge in [0, 0.05) is 36.9 Å². The SMILES string of the molecule is c1ccc(-c2nc(-c3cc(-c4ccccc4-c4ccccc4)cc(-c4cccc5c4sc4ccccc45)c3)cc(-c3ccc4ccccc4c3)n2)cc1. The van der Waals surface area contributed by atoms with Gasteiger partial charge in [0.05, 0.1) is 11.4 Å². The summed E-state index contributed by atoms with van der Waals surface area (Å²) < 4.78 is 2.58. The molecule has 0 radical (unpaired) electrons. The van der Waals surface area contributed by atoms with Crippen LogP contribution in [0.2, 0.25) is 0 Å². The molecule has 8 aromatic carbocycles. The second-order valence-electron chi connectivity index (χ2n) is 13.4. The highest BCUT2D eigenvalue weighted by Gasteiger charge is 2.17. The van der Waals surface area contributed by atoms with Crippen LogP contribution in [-0.2, 0) is 0 Å². The lowest BCUT2D eigenvalue weighted by Crippen LogP contribution is -1.97. The summed E-state index contributed by atoms with van der Waals surface area (Å²) in [5.74, 6) is 0.703.